The summed E-state index contributed by atoms with van der Waals surface area (Å²) in [5.74, 6) is -0.182. The van der Waals surface area contributed by atoms with Gasteiger partial charge in [0.25, 0.3) is 5.91 Å². The first kappa shape index (κ1) is 19.7. The number of aromatic amines is 1. The number of H-pyrrole nitrogens is 1. The monoisotopic (exact) mass is 428 g/mol. The molecule has 2 N–H and O–H groups in total. The van der Waals surface area contributed by atoms with Gasteiger partial charge in [0, 0.05) is 30.3 Å². The largest absolute Gasteiger partial charge is 0.486 e. The standard InChI is InChI=1S/C22H22F2N4O3/c1-28-5-4-13(25-22(29)12-2-3-19-20(8-12)31-7-6-30-19)9-18(28)21-26-16-10-14(23)15(24)11-17(16)27-21/h2-3,8,10-11,13,18H,4-7,9H2,1H3,(H,25,29)(H,26,27)/t13-,18-/m1/s1. The van der Waals surface area contributed by atoms with Crippen molar-refractivity contribution in [3.8, 4) is 11.5 Å². The molecule has 0 spiro atoms. The number of aromatic nitrogens is 2. The molecule has 31 heavy (non-hydrogen) atoms. The van der Waals surface area contributed by atoms with Crippen LogP contribution in [-0.2, 0) is 0 Å². The van der Waals surface area contributed by atoms with E-state index in [1.54, 1.807) is 18.2 Å². The van der Waals surface area contributed by atoms with E-state index in [4.69, 9.17) is 9.47 Å². The predicted octanol–water partition coefficient (Wildman–Crippen LogP) is 3.18. The smallest absolute Gasteiger partial charge is 0.251 e. The van der Waals surface area contributed by atoms with Gasteiger partial charge in [0.2, 0.25) is 0 Å². The molecule has 9 heteroatoms. The molecular formula is C22H22F2N4O3. The molecule has 3 aromatic rings. The molecule has 2 atom stereocenters. The molecular weight excluding hydrogens is 406 g/mol. The number of carbonyl (C=O) groups excluding carboxylic acids is 1. The van der Waals surface area contributed by atoms with E-state index in [0.717, 1.165) is 25.1 Å². The van der Waals surface area contributed by atoms with Crippen molar-refractivity contribution < 1.29 is 23.0 Å². The van der Waals surface area contributed by atoms with Crippen molar-refractivity contribution in [3.05, 3.63) is 53.4 Å². The van der Waals surface area contributed by atoms with Crippen LogP contribution < -0.4 is 14.8 Å². The quantitative estimate of drug-likeness (QED) is 0.670. The molecule has 2 aromatic carbocycles. The maximum absolute atomic E-state index is 13.6. The summed E-state index contributed by atoms with van der Waals surface area (Å²) < 4.78 is 38.2. The van der Waals surface area contributed by atoms with Crippen molar-refractivity contribution in [2.45, 2.75) is 24.9 Å². The first-order chi connectivity index (χ1) is 15.0. The first-order valence-electron chi connectivity index (χ1n) is 10.2. The third-order valence-corrected chi connectivity index (χ3v) is 5.87. The molecule has 1 amide bonds. The van der Waals surface area contributed by atoms with E-state index in [0.29, 0.717) is 53.6 Å². The van der Waals surface area contributed by atoms with Crippen molar-refractivity contribution in [3.63, 3.8) is 0 Å². The van der Waals surface area contributed by atoms with Gasteiger partial charge < -0.3 is 19.8 Å². The molecule has 7 nitrogen and oxygen atoms in total. The highest BCUT2D eigenvalue weighted by Gasteiger charge is 2.31. The van der Waals surface area contributed by atoms with Crippen LogP contribution in [0.5, 0.6) is 11.5 Å². The fourth-order valence-electron chi connectivity index (χ4n) is 4.17. The van der Waals surface area contributed by atoms with Gasteiger partial charge in [-0.05, 0) is 38.1 Å². The predicted molar refractivity (Wildman–Crippen MR) is 109 cm³/mol. The van der Waals surface area contributed by atoms with Crippen LogP contribution in [-0.4, -0.2) is 53.6 Å². The lowest BCUT2D eigenvalue weighted by molar-refractivity contribution is 0.0883. The van der Waals surface area contributed by atoms with Gasteiger partial charge in [-0.3, -0.25) is 9.69 Å². The zero-order valence-electron chi connectivity index (χ0n) is 17.0. The zero-order valence-corrected chi connectivity index (χ0v) is 17.0. The van der Waals surface area contributed by atoms with Crippen molar-refractivity contribution in [1.82, 2.24) is 20.2 Å². The number of halogens is 2. The number of amides is 1. The molecule has 2 aliphatic heterocycles. The Morgan fingerprint density at radius 3 is 2.77 bits per heavy atom. The van der Waals surface area contributed by atoms with Gasteiger partial charge in [0.1, 0.15) is 19.0 Å². The van der Waals surface area contributed by atoms with Gasteiger partial charge in [-0.1, -0.05) is 0 Å². The molecule has 1 aromatic heterocycles. The minimum atomic E-state index is -0.924. The SMILES string of the molecule is CN1CC[C@@H](NC(=O)c2ccc3c(c2)OCCO3)C[C@@H]1c1nc2cc(F)c(F)cc2[nH]1. The Hall–Kier alpha value is -3.20. The van der Waals surface area contributed by atoms with Crippen LogP contribution in [0.15, 0.2) is 30.3 Å². The van der Waals surface area contributed by atoms with Crippen molar-refractivity contribution >= 4 is 16.9 Å². The number of piperidine rings is 1. The van der Waals surface area contributed by atoms with E-state index in [-0.39, 0.29) is 18.0 Å². The Balaban J connectivity index is 1.32. The summed E-state index contributed by atoms with van der Waals surface area (Å²) in [6.45, 7) is 1.70. The van der Waals surface area contributed by atoms with Crippen LogP contribution in [0.3, 0.4) is 0 Å². The third-order valence-electron chi connectivity index (χ3n) is 5.87. The summed E-state index contributed by atoms with van der Waals surface area (Å²) in [4.78, 5) is 22.5. The Morgan fingerprint density at radius 1 is 1.16 bits per heavy atom. The van der Waals surface area contributed by atoms with E-state index < -0.39 is 11.6 Å². The molecule has 162 valence electrons. The van der Waals surface area contributed by atoms with E-state index in [1.807, 2.05) is 7.05 Å². The molecule has 3 heterocycles. The number of ether oxygens (including phenoxy) is 2. The Morgan fingerprint density at radius 2 is 1.94 bits per heavy atom. The van der Waals surface area contributed by atoms with Gasteiger partial charge in [0.15, 0.2) is 23.1 Å². The number of nitrogens with zero attached hydrogens (tertiary/aromatic N) is 2. The highest BCUT2D eigenvalue weighted by atomic mass is 19.2. The summed E-state index contributed by atoms with van der Waals surface area (Å²) >= 11 is 0. The van der Waals surface area contributed by atoms with Crippen LogP contribution in [0.4, 0.5) is 8.78 Å². The van der Waals surface area contributed by atoms with E-state index in [9.17, 15) is 13.6 Å². The lowest BCUT2D eigenvalue weighted by atomic mass is 9.96. The number of imidazole rings is 1. The highest BCUT2D eigenvalue weighted by molar-refractivity contribution is 5.95. The lowest BCUT2D eigenvalue weighted by Gasteiger charge is -2.36. The number of fused-ring (bicyclic) bond motifs is 2. The summed E-state index contributed by atoms with van der Waals surface area (Å²) in [6.07, 6.45) is 1.41. The second-order valence-electron chi connectivity index (χ2n) is 7.96. The molecule has 0 aliphatic carbocycles. The second-order valence-corrected chi connectivity index (χ2v) is 7.96. The average molecular weight is 428 g/mol. The summed E-state index contributed by atoms with van der Waals surface area (Å²) in [6, 6.07) is 7.19. The molecule has 5 rings (SSSR count). The molecule has 0 bridgehead atoms. The number of hydrogen-bond donors (Lipinski definition) is 2. The van der Waals surface area contributed by atoms with Crippen molar-refractivity contribution in [2.75, 3.05) is 26.8 Å². The van der Waals surface area contributed by atoms with E-state index in [2.05, 4.69) is 20.2 Å². The fraction of sp³-hybridized carbons (Fsp3) is 0.364. The van der Waals surface area contributed by atoms with Crippen LogP contribution in [0.1, 0.15) is 35.1 Å². The van der Waals surface area contributed by atoms with Crippen molar-refractivity contribution in [2.24, 2.45) is 0 Å². The van der Waals surface area contributed by atoms with Gasteiger partial charge >= 0.3 is 0 Å². The molecule has 1 saturated heterocycles. The van der Waals surface area contributed by atoms with Crippen molar-refractivity contribution in [1.29, 1.82) is 0 Å². The fourth-order valence-corrected chi connectivity index (χ4v) is 4.17. The number of carbonyl (C=O) groups is 1. The Labute approximate surface area is 177 Å². The van der Waals surface area contributed by atoms with Crippen LogP contribution in [0.2, 0.25) is 0 Å². The average Bonchev–Trinajstić information content (AvgIpc) is 3.17. The van der Waals surface area contributed by atoms with Gasteiger partial charge in [-0.2, -0.15) is 0 Å². The van der Waals surface area contributed by atoms with Crippen LogP contribution in [0, 0.1) is 11.6 Å². The molecule has 1 fully saturated rings. The maximum atomic E-state index is 13.6. The normalized spacial score (nSPS) is 21.3. The second kappa shape index (κ2) is 7.81. The highest BCUT2D eigenvalue weighted by Crippen LogP contribution is 2.32. The summed E-state index contributed by atoms with van der Waals surface area (Å²) in [5, 5.41) is 3.09. The topological polar surface area (TPSA) is 79.5 Å². The van der Waals surface area contributed by atoms with E-state index >= 15 is 0 Å². The summed E-state index contributed by atoms with van der Waals surface area (Å²) in [7, 11) is 1.97. The van der Waals surface area contributed by atoms with Crippen LogP contribution >= 0.6 is 0 Å². The van der Waals surface area contributed by atoms with Gasteiger partial charge in [-0.15, -0.1) is 0 Å². The number of likely N-dealkylation sites (tertiary alicyclic amines) is 1. The lowest BCUT2D eigenvalue weighted by Crippen LogP contribution is -2.45. The number of benzene rings is 2. The molecule has 0 unspecified atom stereocenters. The Kier molecular flexibility index (Phi) is 4.97. The Bertz CT molecular complexity index is 1110. The third kappa shape index (κ3) is 3.81. The maximum Gasteiger partial charge on any atom is 0.251 e. The van der Waals surface area contributed by atoms with Gasteiger partial charge in [-0.25, -0.2) is 13.8 Å². The van der Waals surface area contributed by atoms with E-state index in [1.165, 1.54) is 0 Å². The van der Waals surface area contributed by atoms with Gasteiger partial charge in [0.05, 0.1) is 17.1 Å². The minimum absolute atomic E-state index is 0.0661. The minimum Gasteiger partial charge on any atom is -0.486 e. The zero-order chi connectivity index (χ0) is 21.5. The van der Waals surface area contributed by atoms with Crippen LogP contribution in [0.25, 0.3) is 11.0 Å². The first-order valence-corrected chi connectivity index (χ1v) is 10.2. The molecule has 0 saturated carbocycles. The molecule has 2 aliphatic rings. The summed E-state index contributed by atoms with van der Waals surface area (Å²) in [5.41, 5.74) is 1.34. The molecule has 0 radical (unpaired) electrons. The number of rotatable bonds is 3. The number of hydrogen-bond acceptors (Lipinski definition) is 5. The number of nitrogens with one attached hydrogen (secondary N) is 2.